The van der Waals surface area contributed by atoms with Crippen molar-refractivity contribution in [2.24, 2.45) is 0 Å². The maximum Gasteiger partial charge on any atom is 0.263 e. The average Bonchev–Trinajstić information content (AvgIpc) is 2.79. The van der Waals surface area contributed by atoms with Gasteiger partial charge in [0.2, 0.25) is 0 Å². The highest BCUT2D eigenvalue weighted by Crippen LogP contribution is 2.43. The second kappa shape index (κ2) is 6.88. The van der Waals surface area contributed by atoms with Crippen LogP contribution in [0.25, 0.3) is 0 Å². The van der Waals surface area contributed by atoms with Gasteiger partial charge < -0.3 is 25.2 Å². The number of benzene rings is 3. The van der Waals surface area contributed by atoms with Gasteiger partial charge in [0.15, 0.2) is 5.75 Å². The normalized spacial score (nSPS) is 12.2. The topological polar surface area (TPSA) is 94.1 Å². The van der Waals surface area contributed by atoms with Gasteiger partial charge in [0.25, 0.3) is 5.91 Å². The lowest BCUT2D eigenvalue weighted by Gasteiger charge is -2.24. The van der Waals surface area contributed by atoms with E-state index in [1.807, 2.05) is 32.0 Å². The van der Waals surface area contributed by atoms with E-state index in [2.05, 4.69) is 5.32 Å². The SMILES string of the molecule is Cc1ccc(Oc2cc(N([O-])O)cc3c2C(=O)Nc2ccc(C)cc2O3)cc1. The summed E-state index contributed by atoms with van der Waals surface area (Å²) in [5, 5.41) is 23.4. The van der Waals surface area contributed by atoms with E-state index >= 15 is 0 Å². The number of ether oxygens (including phenoxy) is 2. The molecular formula is C21H17N2O5-. The Kier molecular flexibility index (Phi) is 4.38. The molecule has 1 aliphatic rings. The first-order valence-corrected chi connectivity index (χ1v) is 8.59. The molecule has 0 radical (unpaired) electrons. The molecule has 0 unspecified atom stereocenters. The summed E-state index contributed by atoms with van der Waals surface area (Å²) in [5.74, 6) is 0.665. The molecule has 0 bridgehead atoms. The molecule has 1 aliphatic heterocycles. The number of rotatable bonds is 3. The molecule has 0 atom stereocenters. The van der Waals surface area contributed by atoms with Gasteiger partial charge in [-0.3, -0.25) is 10.0 Å². The quantitative estimate of drug-likeness (QED) is 0.613. The van der Waals surface area contributed by atoms with Gasteiger partial charge in [0.1, 0.15) is 22.8 Å². The smallest absolute Gasteiger partial charge is 0.263 e. The fraction of sp³-hybridized carbons (Fsp3) is 0.0952. The van der Waals surface area contributed by atoms with Crippen LogP contribution in [0, 0.1) is 19.1 Å². The monoisotopic (exact) mass is 377 g/mol. The second-order valence-electron chi connectivity index (χ2n) is 6.56. The van der Waals surface area contributed by atoms with Gasteiger partial charge in [-0.2, -0.15) is 0 Å². The Hall–Kier alpha value is -3.55. The van der Waals surface area contributed by atoms with Crippen LogP contribution in [0.4, 0.5) is 11.4 Å². The van der Waals surface area contributed by atoms with Crippen LogP contribution in [0.15, 0.2) is 54.6 Å². The van der Waals surface area contributed by atoms with Crippen LogP contribution in [-0.4, -0.2) is 11.1 Å². The van der Waals surface area contributed by atoms with Crippen LogP contribution in [-0.2, 0) is 0 Å². The van der Waals surface area contributed by atoms with Crippen molar-refractivity contribution in [2.75, 3.05) is 10.5 Å². The van der Waals surface area contributed by atoms with E-state index < -0.39 is 5.91 Å². The first kappa shape index (κ1) is 17.8. The molecule has 3 aromatic rings. The number of hydrogen-bond acceptors (Lipinski definition) is 6. The second-order valence-corrected chi connectivity index (χ2v) is 6.56. The van der Waals surface area contributed by atoms with Crippen molar-refractivity contribution in [3.63, 3.8) is 0 Å². The summed E-state index contributed by atoms with van der Waals surface area (Å²) in [6, 6.07) is 15.1. The molecule has 0 saturated carbocycles. The first-order chi connectivity index (χ1) is 13.4. The zero-order valence-corrected chi connectivity index (χ0v) is 15.2. The Bertz CT molecular complexity index is 1060. The molecule has 7 heteroatoms. The summed E-state index contributed by atoms with van der Waals surface area (Å²) in [4.78, 5) is 12.9. The number of hydrogen-bond donors (Lipinski definition) is 2. The molecule has 1 heterocycles. The minimum Gasteiger partial charge on any atom is -0.733 e. The van der Waals surface area contributed by atoms with Crippen molar-refractivity contribution < 1.29 is 19.5 Å². The minimum atomic E-state index is -0.443. The summed E-state index contributed by atoms with van der Waals surface area (Å²) in [6.45, 7) is 3.84. The molecule has 4 rings (SSSR count). The third-order valence-electron chi connectivity index (χ3n) is 4.35. The van der Waals surface area contributed by atoms with Crippen molar-refractivity contribution >= 4 is 17.3 Å². The van der Waals surface area contributed by atoms with Crippen molar-refractivity contribution in [3.05, 3.63) is 76.5 Å². The van der Waals surface area contributed by atoms with Gasteiger partial charge in [-0.1, -0.05) is 23.8 Å². The van der Waals surface area contributed by atoms with Crippen LogP contribution in [0.1, 0.15) is 21.5 Å². The molecule has 0 fully saturated rings. The molecule has 0 spiro atoms. The standard InChI is InChI=1S/C21H17N2O5/c1-12-3-6-15(7-4-12)27-18-10-14(23(25)26)11-19-20(18)21(24)22-16-8-5-13(2)9-17(16)28-19/h3-11,25H,1-2H3,(H,22,24)/q-1. The Labute approximate surface area is 161 Å². The summed E-state index contributed by atoms with van der Waals surface area (Å²) in [6.07, 6.45) is 0. The van der Waals surface area contributed by atoms with Gasteiger partial charge in [-0.05, 0) is 43.7 Å². The number of nitrogens with zero attached hydrogens (tertiary/aromatic N) is 1. The van der Waals surface area contributed by atoms with E-state index in [9.17, 15) is 15.2 Å². The fourth-order valence-corrected chi connectivity index (χ4v) is 2.93. The third-order valence-corrected chi connectivity index (χ3v) is 4.35. The Morgan fingerprint density at radius 1 is 1.00 bits per heavy atom. The van der Waals surface area contributed by atoms with Gasteiger partial charge in [0, 0.05) is 12.1 Å². The highest BCUT2D eigenvalue weighted by molar-refractivity contribution is 6.10. The molecule has 0 aromatic heterocycles. The van der Waals surface area contributed by atoms with Gasteiger partial charge in [-0.25, -0.2) is 0 Å². The number of anilines is 2. The van der Waals surface area contributed by atoms with E-state index in [1.165, 1.54) is 12.1 Å². The summed E-state index contributed by atoms with van der Waals surface area (Å²) in [7, 11) is 0. The van der Waals surface area contributed by atoms with Crippen LogP contribution >= 0.6 is 0 Å². The highest BCUT2D eigenvalue weighted by atomic mass is 16.8. The van der Waals surface area contributed by atoms with E-state index in [1.54, 1.807) is 24.3 Å². The van der Waals surface area contributed by atoms with Crippen LogP contribution in [0.5, 0.6) is 23.0 Å². The molecule has 142 valence electrons. The molecule has 2 N–H and O–H groups in total. The van der Waals surface area contributed by atoms with Crippen molar-refractivity contribution in [2.45, 2.75) is 13.8 Å². The largest absolute Gasteiger partial charge is 0.733 e. The Morgan fingerprint density at radius 2 is 1.71 bits per heavy atom. The summed E-state index contributed by atoms with van der Waals surface area (Å²) in [5.41, 5.74) is 2.49. The van der Waals surface area contributed by atoms with Crippen LogP contribution < -0.4 is 20.0 Å². The molecule has 1 amide bonds. The zero-order valence-electron chi connectivity index (χ0n) is 15.2. The van der Waals surface area contributed by atoms with E-state index in [0.717, 1.165) is 11.1 Å². The molecule has 28 heavy (non-hydrogen) atoms. The predicted octanol–water partition coefficient (Wildman–Crippen LogP) is 5.15. The van der Waals surface area contributed by atoms with Gasteiger partial charge >= 0.3 is 0 Å². The Balaban J connectivity index is 1.85. The molecular weight excluding hydrogens is 360 g/mol. The van der Waals surface area contributed by atoms with Gasteiger partial charge in [-0.15, -0.1) is 0 Å². The molecule has 3 aromatic carbocycles. The first-order valence-electron chi connectivity index (χ1n) is 8.59. The number of amides is 1. The number of carbonyl (C=O) groups is 1. The summed E-state index contributed by atoms with van der Waals surface area (Å²) >= 11 is 0. The maximum atomic E-state index is 12.9. The van der Waals surface area contributed by atoms with Crippen molar-refractivity contribution in [3.8, 4) is 23.0 Å². The van der Waals surface area contributed by atoms with E-state index in [4.69, 9.17) is 9.47 Å². The number of fused-ring (bicyclic) bond motifs is 2. The predicted molar refractivity (Wildman–Crippen MR) is 105 cm³/mol. The lowest BCUT2D eigenvalue weighted by Crippen LogP contribution is -2.13. The van der Waals surface area contributed by atoms with Crippen LogP contribution in [0.2, 0.25) is 0 Å². The number of nitrogens with one attached hydrogen (secondary N) is 1. The molecule has 0 aliphatic carbocycles. The highest BCUT2D eigenvalue weighted by Gasteiger charge is 2.26. The van der Waals surface area contributed by atoms with Crippen molar-refractivity contribution in [1.29, 1.82) is 0 Å². The Morgan fingerprint density at radius 3 is 2.43 bits per heavy atom. The third kappa shape index (κ3) is 3.36. The van der Waals surface area contributed by atoms with Crippen LogP contribution in [0.3, 0.4) is 0 Å². The maximum absolute atomic E-state index is 12.9. The lowest BCUT2D eigenvalue weighted by atomic mass is 10.1. The summed E-state index contributed by atoms with van der Waals surface area (Å²) < 4.78 is 11.8. The van der Waals surface area contributed by atoms with Gasteiger partial charge in [0.05, 0.1) is 11.4 Å². The minimum absolute atomic E-state index is 0.0910. The van der Waals surface area contributed by atoms with E-state index in [0.29, 0.717) is 17.2 Å². The lowest BCUT2D eigenvalue weighted by molar-refractivity contribution is 0.102. The fourth-order valence-electron chi connectivity index (χ4n) is 2.93. The zero-order chi connectivity index (χ0) is 19.8. The average molecular weight is 377 g/mol. The number of carbonyl (C=O) groups excluding carboxylic acids is 1. The van der Waals surface area contributed by atoms with Crippen molar-refractivity contribution in [1.82, 2.24) is 0 Å². The molecule has 7 nitrogen and oxygen atoms in total. The molecule has 0 saturated heterocycles. The number of aryl methyl sites for hydroxylation is 2. The van der Waals surface area contributed by atoms with E-state index in [-0.39, 0.29) is 28.0 Å².